The number of rotatable bonds is 3. The predicted molar refractivity (Wildman–Crippen MR) is 48.1 cm³/mol. The molecule has 1 rings (SSSR count). The Morgan fingerprint density at radius 2 is 2.31 bits per heavy atom. The zero-order valence-electron chi connectivity index (χ0n) is 7.78. The molecule has 0 atom stereocenters. The van der Waals surface area contributed by atoms with E-state index in [-0.39, 0.29) is 5.56 Å². The summed E-state index contributed by atoms with van der Waals surface area (Å²) in [6.07, 6.45) is 0. The molecular formula is C8H13N3O2. The van der Waals surface area contributed by atoms with E-state index in [9.17, 15) is 4.79 Å². The van der Waals surface area contributed by atoms with Crippen molar-refractivity contribution in [3.8, 4) is 0 Å². The highest BCUT2D eigenvalue weighted by molar-refractivity contribution is 5.01. The second-order valence-electron chi connectivity index (χ2n) is 2.81. The first-order valence-corrected chi connectivity index (χ1v) is 4.02. The van der Waals surface area contributed by atoms with Gasteiger partial charge in [-0.05, 0) is 13.8 Å². The summed E-state index contributed by atoms with van der Waals surface area (Å²) in [4.78, 5) is 19.9. The van der Waals surface area contributed by atoms with Gasteiger partial charge in [0.1, 0.15) is 5.82 Å². The van der Waals surface area contributed by atoms with Crippen LogP contribution in [0, 0.1) is 13.8 Å². The fourth-order valence-electron chi connectivity index (χ4n) is 1.18. The maximum absolute atomic E-state index is 11.4. The third-order valence-electron chi connectivity index (χ3n) is 1.76. The third kappa shape index (κ3) is 2.37. The van der Waals surface area contributed by atoms with E-state index in [0.717, 1.165) is 5.69 Å². The molecule has 13 heavy (non-hydrogen) atoms. The van der Waals surface area contributed by atoms with Crippen LogP contribution >= 0.6 is 0 Å². The average molecular weight is 183 g/mol. The van der Waals surface area contributed by atoms with Crippen LogP contribution in [0.15, 0.2) is 10.9 Å². The minimum Gasteiger partial charge on any atom is -0.303 e. The first-order valence-electron chi connectivity index (χ1n) is 4.02. The molecule has 1 aromatic heterocycles. The van der Waals surface area contributed by atoms with Crippen molar-refractivity contribution in [3.63, 3.8) is 0 Å². The number of nitrogens with two attached hydrogens (primary N) is 1. The van der Waals surface area contributed by atoms with E-state index < -0.39 is 0 Å². The molecule has 0 aromatic carbocycles. The molecule has 0 saturated carbocycles. The summed E-state index contributed by atoms with van der Waals surface area (Å²) in [6, 6.07) is 1.49. The van der Waals surface area contributed by atoms with Crippen LogP contribution in [0.3, 0.4) is 0 Å². The standard InChI is InChI=1S/C8H13N3O2/c1-6-5-8(12)11(3-4-13-9)7(2)10-6/h5H,3-4,9H2,1-2H3. The Hall–Kier alpha value is -1.20. The molecule has 1 heterocycles. The molecule has 0 aliphatic heterocycles. The maximum Gasteiger partial charge on any atom is 0.253 e. The molecule has 0 bridgehead atoms. The van der Waals surface area contributed by atoms with Crippen molar-refractivity contribution in [3.05, 3.63) is 27.9 Å². The summed E-state index contributed by atoms with van der Waals surface area (Å²) in [7, 11) is 0. The molecule has 0 radical (unpaired) electrons. The van der Waals surface area contributed by atoms with Gasteiger partial charge in [0.25, 0.3) is 5.56 Å². The lowest BCUT2D eigenvalue weighted by molar-refractivity contribution is 0.128. The summed E-state index contributed by atoms with van der Waals surface area (Å²) in [6.45, 7) is 4.32. The van der Waals surface area contributed by atoms with Crippen molar-refractivity contribution < 1.29 is 4.84 Å². The van der Waals surface area contributed by atoms with Gasteiger partial charge >= 0.3 is 0 Å². The van der Waals surface area contributed by atoms with Gasteiger partial charge in [-0.25, -0.2) is 10.9 Å². The van der Waals surface area contributed by atoms with Crippen LogP contribution in [0.5, 0.6) is 0 Å². The second-order valence-corrected chi connectivity index (χ2v) is 2.81. The van der Waals surface area contributed by atoms with E-state index in [1.807, 2.05) is 0 Å². The Bertz CT molecular complexity index is 346. The summed E-state index contributed by atoms with van der Waals surface area (Å²) >= 11 is 0. The summed E-state index contributed by atoms with van der Waals surface area (Å²) < 4.78 is 1.53. The van der Waals surface area contributed by atoms with Gasteiger partial charge in [-0.3, -0.25) is 9.36 Å². The summed E-state index contributed by atoms with van der Waals surface area (Å²) in [5, 5.41) is 0. The zero-order valence-corrected chi connectivity index (χ0v) is 7.78. The first-order chi connectivity index (χ1) is 6.15. The van der Waals surface area contributed by atoms with Crippen LogP contribution in [0.2, 0.25) is 0 Å². The van der Waals surface area contributed by atoms with E-state index in [0.29, 0.717) is 19.0 Å². The minimum atomic E-state index is -0.0675. The molecule has 0 amide bonds. The minimum absolute atomic E-state index is 0.0675. The largest absolute Gasteiger partial charge is 0.303 e. The van der Waals surface area contributed by atoms with Crippen LogP contribution in [-0.4, -0.2) is 16.2 Å². The lowest BCUT2D eigenvalue weighted by Gasteiger charge is -2.07. The Morgan fingerprint density at radius 3 is 2.85 bits per heavy atom. The quantitative estimate of drug-likeness (QED) is 0.656. The zero-order chi connectivity index (χ0) is 9.84. The number of nitrogens with zero attached hydrogens (tertiary/aromatic N) is 2. The van der Waals surface area contributed by atoms with Gasteiger partial charge in [0.2, 0.25) is 0 Å². The molecule has 0 spiro atoms. The Kier molecular flexibility index (Phi) is 3.16. The average Bonchev–Trinajstić information content (AvgIpc) is 2.02. The topological polar surface area (TPSA) is 70.1 Å². The number of aryl methyl sites for hydroxylation is 2. The van der Waals surface area contributed by atoms with E-state index >= 15 is 0 Å². The predicted octanol–water partition coefficient (Wildman–Crippen LogP) is -0.250. The Morgan fingerprint density at radius 1 is 1.62 bits per heavy atom. The van der Waals surface area contributed by atoms with Crippen molar-refractivity contribution >= 4 is 0 Å². The van der Waals surface area contributed by atoms with Crippen molar-refractivity contribution in [1.82, 2.24) is 9.55 Å². The maximum atomic E-state index is 11.4. The van der Waals surface area contributed by atoms with Crippen LogP contribution in [0.1, 0.15) is 11.5 Å². The highest BCUT2D eigenvalue weighted by Crippen LogP contribution is 1.92. The molecule has 5 heteroatoms. The highest BCUT2D eigenvalue weighted by atomic mass is 16.6. The van der Waals surface area contributed by atoms with Gasteiger partial charge in [0.15, 0.2) is 0 Å². The highest BCUT2D eigenvalue weighted by Gasteiger charge is 2.01. The number of hydrogen-bond acceptors (Lipinski definition) is 4. The molecule has 0 saturated heterocycles. The summed E-state index contributed by atoms with van der Waals surface area (Å²) in [5.41, 5.74) is 0.662. The van der Waals surface area contributed by atoms with E-state index in [1.54, 1.807) is 13.8 Å². The van der Waals surface area contributed by atoms with Gasteiger partial charge < -0.3 is 4.84 Å². The summed E-state index contributed by atoms with van der Waals surface area (Å²) in [5.74, 6) is 5.55. The molecule has 0 aliphatic rings. The van der Waals surface area contributed by atoms with Gasteiger partial charge in [0.05, 0.1) is 13.2 Å². The monoisotopic (exact) mass is 183 g/mol. The van der Waals surface area contributed by atoms with E-state index in [2.05, 4.69) is 9.82 Å². The first kappa shape index (κ1) is 9.88. The van der Waals surface area contributed by atoms with Crippen LogP contribution in [-0.2, 0) is 11.4 Å². The number of aromatic nitrogens is 2. The molecule has 1 aromatic rings. The van der Waals surface area contributed by atoms with Crippen molar-refractivity contribution in [2.24, 2.45) is 5.90 Å². The lowest BCUT2D eigenvalue weighted by Crippen LogP contribution is -2.26. The van der Waals surface area contributed by atoms with E-state index in [1.165, 1.54) is 10.6 Å². The smallest absolute Gasteiger partial charge is 0.253 e. The Labute approximate surface area is 76.1 Å². The van der Waals surface area contributed by atoms with Crippen molar-refractivity contribution in [2.75, 3.05) is 6.61 Å². The Balaban J connectivity index is 2.99. The van der Waals surface area contributed by atoms with Crippen LogP contribution in [0.25, 0.3) is 0 Å². The van der Waals surface area contributed by atoms with Gasteiger partial charge in [-0.1, -0.05) is 0 Å². The van der Waals surface area contributed by atoms with Crippen molar-refractivity contribution in [1.29, 1.82) is 0 Å². The number of hydrogen-bond donors (Lipinski definition) is 1. The molecule has 2 N–H and O–H groups in total. The van der Waals surface area contributed by atoms with Gasteiger partial charge in [0, 0.05) is 11.8 Å². The molecule has 0 fully saturated rings. The van der Waals surface area contributed by atoms with Gasteiger partial charge in [-0.15, -0.1) is 0 Å². The van der Waals surface area contributed by atoms with Gasteiger partial charge in [-0.2, -0.15) is 0 Å². The van der Waals surface area contributed by atoms with Crippen LogP contribution < -0.4 is 11.5 Å². The van der Waals surface area contributed by atoms with Crippen LogP contribution in [0.4, 0.5) is 0 Å². The van der Waals surface area contributed by atoms with E-state index in [4.69, 9.17) is 5.90 Å². The molecule has 5 nitrogen and oxygen atoms in total. The molecule has 0 unspecified atom stereocenters. The molecule has 0 aliphatic carbocycles. The third-order valence-corrected chi connectivity index (χ3v) is 1.76. The normalized spacial score (nSPS) is 10.4. The molecule has 72 valence electrons. The fraction of sp³-hybridized carbons (Fsp3) is 0.500. The SMILES string of the molecule is Cc1cc(=O)n(CCON)c(C)n1. The fourth-order valence-corrected chi connectivity index (χ4v) is 1.18. The molecular weight excluding hydrogens is 170 g/mol. The second kappa shape index (κ2) is 4.15. The lowest BCUT2D eigenvalue weighted by atomic mass is 10.4. The van der Waals surface area contributed by atoms with Crippen molar-refractivity contribution in [2.45, 2.75) is 20.4 Å².